The Morgan fingerprint density at radius 1 is 1.00 bits per heavy atom. The summed E-state index contributed by atoms with van der Waals surface area (Å²) in [4.78, 5) is 18.6. The first kappa shape index (κ1) is 29.9. The Kier molecular flexibility index (Phi) is 8.73. The van der Waals surface area contributed by atoms with Crippen molar-refractivity contribution < 1.29 is 30.8 Å². The standard InChI is InChI=1S/C25H28Cl2F4N4O3S/c1-32(13-16-3-5-19(22(28)11-16)25(29,30)31)23-15-34(14-18(23)17-4-6-20(26)21(27)12-17)24(36)33-7-9-35(10-8-33)39(2,37)38/h3-6,11-12,18,23H,7-10,13-15H2,1-2H3. The highest BCUT2D eigenvalue weighted by Gasteiger charge is 2.41. The molecule has 0 aliphatic carbocycles. The molecule has 0 N–H and O–H groups in total. The van der Waals surface area contributed by atoms with Crippen molar-refractivity contribution in [1.29, 1.82) is 0 Å². The molecular formula is C25H28Cl2F4N4O3S. The van der Waals surface area contributed by atoms with Crippen LogP contribution in [-0.4, -0.2) is 92.1 Å². The fraction of sp³-hybridized carbons (Fsp3) is 0.480. The van der Waals surface area contributed by atoms with E-state index in [0.717, 1.165) is 24.0 Å². The maximum Gasteiger partial charge on any atom is 0.419 e. The van der Waals surface area contributed by atoms with Gasteiger partial charge in [-0.05, 0) is 42.4 Å². The van der Waals surface area contributed by atoms with Gasteiger partial charge in [-0.1, -0.05) is 35.3 Å². The number of likely N-dealkylation sites (N-methyl/N-ethyl adjacent to an activating group) is 1. The van der Waals surface area contributed by atoms with E-state index in [1.54, 1.807) is 29.0 Å². The van der Waals surface area contributed by atoms with Crippen LogP contribution in [-0.2, 0) is 22.7 Å². The zero-order chi connectivity index (χ0) is 28.7. The van der Waals surface area contributed by atoms with Crippen LogP contribution in [0.5, 0.6) is 0 Å². The molecule has 0 spiro atoms. The van der Waals surface area contributed by atoms with E-state index >= 15 is 0 Å². The van der Waals surface area contributed by atoms with Gasteiger partial charge in [-0.3, -0.25) is 4.90 Å². The van der Waals surface area contributed by atoms with Crippen molar-refractivity contribution >= 4 is 39.3 Å². The molecule has 214 valence electrons. The number of amides is 2. The summed E-state index contributed by atoms with van der Waals surface area (Å²) in [6, 6.07) is 7.56. The van der Waals surface area contributed by atoms with Gasteiger partial charge in [0.15, 0.2) is 0 Å². The molecule has 0 radical (unpaired) electrons. The highest BCUT2D eigenvalue weighted by molar-refractivity contribution is 7.88. The molecule has 4 rings (SSSR count). The highest BCUT2D eigenvalue weighted by Crippen LogP contribution is 2.36. The van der Waals surface area contributed by atoms with Crippen molar-refractivity contribution in [3.63, 3.8) is 0 Å². The Balaban J connectivity index is 1.54. The molecule has 2 atom stereocenters. The fourth-order valence-electron chi connectivity index (χ4n) is 5.16. The number of piperazine rings is 1. The van der Waals surface area contributed by atoms with Gasteiger partial charge < -0.3 is 9.80 Å². The van der Waals surface area contributed by atoms with E-state index in [0.29, 0.717) is 28.7 Å². The lowest BCUT2D eigenvalue weighted by molar-refractivity contribution is -0.140. The maximum absolute atomic E-state index is 14.2. The van der Waals surface area contributed by atoms with Crippen LogP contribution in [0.25, 0.3) is 0 Å². The predicted molar refractivity (Wildman–Crippen MR) is 141 cm³/mol. The van der Waals surface area contributed by atoms with E-state index in [4.69, 9.17) is 23.2 Å². The van der Waals surface area contributed by atoms with Crippen LogP contribution >= 0.6 is 23.2 Å². The Labute approximate surface area is 234 Å². The number of benzene rings is 2. The van der Waals surface area contributed by atoms with Crippen molar-refractivity contribution in [3.05, 3.63) is 69.0 Å². The highest BCUT2D eigenvalue weighted by atomic mass is 35.5. The lowest BCUT2D eigenvalue weighted by Crippen LogP contribution is -2.53. The molecule has 2 heterocycles. The minimum Gasteiger partial charge on any atom is -0.322 e. The third kappa shape index (κ3) is 6.79. The average molecular weight is 611 g/mol. The van der Waals surface area contributed by atoms with E-state index in [1.807, 2.05) is 11.0 Å². The summed E-state index contributed by atoms with van der Waals surface area (Å²) in [6.07, 6.45) is -3.65. The average Bonchev–Trinajstić information content (AvgIpc) is 3.30. The van der Waals surface area contributed by atoms with Gasteiger partial charge in [-0.15, -0.1) is 0 Å². The first-order valence-electron chi connectivity index (χ1n) is 12.1. The van der Waals surface area contributed by atoms with Crippen LogP contribution < -0.4 is 0 Å². The number of carbonyl (C=O) groups excluding carboxylic acids is 1. The number of carbonyl (C=O) groups is 1. The van der Waals surface area contributed by atoms with E-state index in [-0.39, 0.29) is 50.7 Å². The third-order valence-corrected chi connectivity index (χ3v) is 9.29. The second-order valence-corrected chi connectivity index (χ2v) is 12.7. The molecule has 2 aliphatic rings. The van der Waals surface area contributed by atoms with Gasteiger partial charge in [0.2, 0.25) is 10.0 Å². The molecule has 2 amide bonds. The Morgan fingerprint density at radius 3 is 2.23 bits per heavy atom. The number of hydrogen-bond acceptors (Lipinski definition) is 4. The van der Waals surface area contributed by atoms with Crippen LogP contribution in [0.3, 0.4) is 0 Å². The summed E-state index contributed by atoms with van der Waals surface area (Å²) < 4.78 is 78.2. The van der Waals surface area contributed by atoms with Gasteiger partial charge in [0.05, 0.1) is 21.9 Å². The number of hydrogen-bond donors (Lipinski definition) is 0. The van der Waals surface area contributed by atoms with Gasteiger partial charge in [-0.2, -0.15) is 17.5 Å². The lowest BCUT2D eigenvalue weighted by Gasteiger charge is -2.35. The molecule has 0 saturated carbocycles. The zero-order valence-corrected chi connectivity index (χ0v) is 23.6. The van der Waals surface area contributed by atoms with E-state index in [2.05, 4.69) is 0 Å². The van der Waals surface area contributed by atoms with Gasteiger partial charge in [0.1, 0.15) is 5.82 Å². The van der Waals surface area contributed by atoms with Crippen molar-refractivity contribution in [3.8, 4) is 0 Å². The van der Waals surface area contributed by atoms with Gasteiger partial charge in [0, 0.05) is 57.8 Å². The zero-order valence-electron chi connectivity index (χ0n) is 21.3. The number of likely N-dealkylation sites (tertiary alicyclic amines) is 1. The van der Waals surface area contributed by atoms with Gasteiger partial charge >= 0.3 is 12.2 Å². The molecule has 2 unspecified atom stereocenters. The topological polar surface area (TPSA) is 64.2 Å². The molecule has 2 aliphatic heterocycles. The Hall–Kier alpha value is -2.12. The van der Waals surface area contributed by atoms with Crippen LogP contribution in [0.15, 0.2) is 36.4 Å². The van der Waals surface area contributed by atoms with Gasteiger partial charge in [-0.25, -0.2) is 17.6 Å². The lowest BCUT2D eigenvalue weighted by atomic mass is 9.93. The molecule has 2 aromatic rings. The van der Waals surface area contributed by atoms with E-state index in [1.165, 1.54) is 10.4 Å². The van der Waals surface area contributed by atoms with Crippen molar-refractivity contribution in [1.82, 2.24) is 19.0 Å². The van der Waals surface area contributed by atoms with Crippen molar-refractivity contribution in [2.75, 3.05) is 52.6 Å². The number of nitrogens with zero attached hydrogens (tertiary/aromatic N) is 4. The minimum atomic E-state index is -4.79. The molecule has 14 heteroatoms. The van der Waals surface area contributed by atoms with Crippen LogP contribution in [0.4, 0.5) is 22.4 Å². The largest absolute Gasteiger partial charge is 0.419 e. The number of sulfonamides is 1. The summed E-state index contributed by atoms with van der Waals surface area (Å²) in [6.45, 7) is 1.70. The first-order chi connectivity index (χ1) is 18.1. The fourth-order valence-corrected chi connectivity index (χ4v) is 6.30. The SMILES string of the molecule is CN(Cc1ccc(C(F)(F)F)c(F)c1)C1CN(C(=O)N2CCN(S(C)(=O)=O)CC2)CC1c1ccc(Cl)c(Cl)c1. The molecule has 0 aromatic heterocycles. The second kappa shape index (κ2) is 11.4. The van der Waals surface area contributed by atoms with Crippen LogP contribution in [0.1, 0.15) is 22.6 Å². The number of urea groups is 1. The molecule has 2 saturated heterocycles. The summed E-state index contributed by atoms with van der Waals surface area (Å²) in [5.41, 5.74) is -0.134. The molecular weight excluding hydrogens is 583 g/mol. The Morgan fingerprint density at radius 2 is 1.67 bits per heavy atom. The number of halogens is 6. The summed E-state index contributed by atoms with van der Waals surface area (Å²) >= 11 is 12.4. The van der Waals surface area contributed by atoms with Crippen LogP contribution in [0, 0.1) is 5.82 Å². The maximum atomic E-state index is 14.2. The Bertz CT molecular complexity index is 1340. The van der Waals surface area contributed by atoms with Crippen molar-refractivity contribution in [2.24, 2.45) is 0 Å². The molecule has 2 aromatic carbocycles. The third-order valence-electron chi connectivity index (χ3n) is 7.25. The summed E-state index contributed by atoms with van der Waals surface area (Å²) in [7, 11) is -1.58. The van der Waals surface area contributed by atoms with Crippen LogP contribution in [0.2, 0.25) is 10.0 Å². The number of alkyl halides is 3. The monoisotopic (exact) mass is 610 g/mol. The van der Waals surface area contributed by atoms with E-state index in [9.17, 15) is 30.8 Å². The molecule has 0 bridgehead atoms. The molecule has 39 heavy (non-hydrogen) atoms. The van der Waals surface area contributed by atoms with Crippen molar-refractivity contribution in [2.45, 2.75) is 24.7 Å². The van der Waals surface area contributed by atoms with E-state index < -0.39 is 27.6 Å². The number of rotatable bonds is 5. The predicted octanol–water partition coefficient (Wildman–Crippen LogP) is 4.75. The normalized spacial score (nSPS) is 21.2. The summed E-state index contributed by atoms with van der Waals surface area (Å²) in [5.74, 6) is -1.56. The second-order valence-electron chi connectivity index (χ2n) is 9.91. The van der Waals surface area contributed by atoms with Gasteiger partial charge in [0.25, 0.3) is 0 Å². The summed E-state index contributed by atoms with van der Waals surface area (Å²) in [5, 5.41) is 0.724. The quantitative estimate of drug-likeness (QED) is 0.459. The smallest absolute Gasteiger partial charge is 0.322 e. The minimum absolute atomic E-state index is 0.145. The first-order valence-corrected chi connectivity index (χ1v) is 14.8. The molecule has 2 fully saturated rings. The molecule has 7 nitrogen and oxygen atoms in total.